The van der Waals surface area contributed by atoms with E-state index in [2.05, 4.69) is 0 Å². The number of hydrogen-bond acceptors (Lipinski definition) is 3. The Bertz CT molecular complexity index is 1480. The molecule has 4 aromatic rings. The molecule has 32 heavy (non-hydrogen) atoms. The zero-order valence-corrected chi connectivity index (χ0v) is 18.6. The second-order valence-corrected chi connectivity index (χ2v) is 8.83. The van der Waals surface area contributed by atoms with Crippen molar-refractivity contribution in [2.24, 2.45) is 4.99 Å². The van der Waals surface area contributed by atoms with E-state index in [1.165, 1.54) is 11.3 Å². The van der Waals surface area contributed by atoms with Gasteiger partial charge in [0.15, 0.2) is 4.80 Å². The van der Waals surface area contributed by atoms with Gasteiger partial charge in [-0.15, -0.1) is 0 Å². The molecule has 0 bridgehead atoms. The molecule has 0 saturated carbocycles. The highest BCUT2D eigenvalue weighted by atomic mass is 35.5. The number of thiazole rings is 1. The first-order valence-electron chi connectivity index (χ1n) is 10.3. The first kappa shape index (κ1) is 20.4. The Labute approximate surface area is 194 Å². The topological polar surface area (TPSA) is 34.4 Å². The van der Waals surface area contributed by atoms with Crippen molar-refractivity contribution < 1.29 is 0 Å². The van der Waals surface area contributed by atoms with E-state index >= 15 is 0 Å². The van der Waals surface area contributed by atoms with Crippen LogP contribution in [0.1, 0.15) is 22.7 Å². The van der Waals surface area contributed by atoms with Crippen molar-refractivity contribution in [1.29, 1.82) is 0 Å². The SMILES string of the molecule is O=c1c(=C/C=C/c2ccccc2)sc2n1C(c1ccc(Cl)cc1)C=C(c1ccccc1)N=2. The summed E-state index contributed by atoms with van der Waals surface area (Å²) in [6.07, 6.45) is 7.81. The lowest BCUT2D eigenvalue weighted by atomic mass is 10.0. The number of nitrogens with zero attached hydrogens (tertiary/aromatic N) is 2. The van der Waals surface area contributed by atoms with Crippen LogP contribution < -0.4 is 14.9 Å². The van der Waals surface area contributed by atoms with Gasteiger partial charge in [-0.2, -0.15) is 0 Å². The Morgan fingerprint density at radius 3 is 2.31 bits per heavy atom. The summed E-state index contributed by atoms with van der Waals surface area (Å²) in [5, 5.41) is 0.666. The molecule has 5 heteroatoms. The van der Waals surface area contributed by atoms with Gasteiger partial charge in [0, 0.05) is 5.02 Å². The van der Waals surface area contributed by atoms with Gasteiger partial charge in [0.1, 0.15) is 0 Å². The number of allylic oxidation sites excluding steroid dienone is 2. The normalized spacial score (nSPS) is 16.0. The number of benzene rings is 3. The molecule has 1 atom stereocenters. The van der Waals surface area contributed by atoms with Crippen LogP contribution >= 0.6 is 22.9 Å². The maximum Gasteiger partial charge on any atom is 0.271 e. The molecule has 1 aromatic heterocycles. The molecule has 1 unspecified atom stereocenters. The third-order valence-corrected chi connectivity index (χ3v) is 6.52. The average Bonchev–Trinajstić information content (AvgIpc) is 3.16. The predicted molar refractivity (Wildman–Crippen MR) is 133 cm³/mol. The van der Waals surface area contributed by atoms with E-state index in [1.54, 1.807) is 4.57 Å². The van der Waals surface area contributed by atoms with Crippen LogP contribution in [0.4, 0.5) is 0 Å². The van der Waals surface area contributed by atoms with E-state index in [-0.39, 0.29) is 11.6 Å². The summed E-state index contributed by atoms with van der Waals surface area (Å²) in [4.78, 5) is 18.9. The highest BCUT2D eigenvalue weighted by molar-refractivity contribution is 7.07. The number of hydrogen-bond donors (Lipinski definition) is 0. The summed E-state index contributed by atoms with van der Waals surface area (Å²) in [6, 6.07) is 27.4. The van der Waals surface area contributed by atoms with Crippen molar-refractivity contribution >= 4 is 40.8 Å². The number of fused-ring (bicyclic) bond motifs is 1. The first-order valence-corrected chi connectivity index (χ1v) is 11.4. The zero-order valence-electron chi connectivity index (χ0n) is 17.1. The molecule has 1 aliphatic rings. The summed E-state index contributed by atoms with van der Waals surface area (Å²) in [7, 11) is 0. The van der Waals surface area contributed by atoms with Gasteiger partial charge in [0.2, 0.25) is 0 Å². The van der Waals surface area contributed by atoms with E-state index in [0.717, 1.165) is 22.4 Å². The van der Waals surface area contributed by atoms with Crippen molar-refractivity contribution in [2.45, 2.75) is 6.04 Å². The molecule has 0 fully saturated rings. The number of halogens is 1. The number of rotatable bonds is 4. The highest BCUT2D eigenvalue weighted by Gasteiger charge is 2.22. The molecule has 1 aliphatic heterocycles. The van der Waals surface area contributed by atoms with Crippen molar-refractivity contribution in [1.82, 2.24) is 4.57 Å². The number of aromatic nitrogens is 1. The largest absolute Gasteiger partial charge is 0.272 e. The Kier molecular flexibility index (Phi) is 5.71. The average molecular weight is 455 g/mol. The standard InChI is InChI=1S/C27H19ClN2OS/c28-22-16-14-21(15-17-22)24-18-23(20-11-5-2-6-12-20)29-27-30(24)26(31)25(32-27)13-7-10-19-8-3-1-4-9-19/h1-18,24H/b10-7+,25-13?. The molecule has 2 heterocycles. The summed E-state index contributed by atoms with van der Waals surface area (Å²) in [5.74, 6) is 0. The maximum absolute atomic E-state index is 13.3. The maximum atomic E-state index is 13.3. The van der Waals surface area contributed by atoms with Crippen LogP contribution in [0.15, 0.2) is 107 Å². The minimum atomic E-state index is -0.251. The molecule has 3 nitrogen and oxygen atoms in total. The molecule has 0 saturated heterocycles. The van der Waals surface area contributed by atoms with Crippen molar-refractivity contribution in [3.05, 3.63) is 138 Å². The van der Waals surface area contributed by atoms with Gasteiger partial charge in [0.25, 0.3) is 5.56 Å². The molecule has 3 aromatic carbocycles. The fraction of sp³-hybridized carbons (Fsp3) is 0.0370. The Morgan fingerprint density at radius 1 is 0.906 bits per heavy atom. The summed E-state index contributed by atoms with van der Waals surface area (Å²) >= 11 is 7.51. The second kappa shape index (κ2) is 8.95. The second-order valence-electron chi connectivity index (χ2n) is 7.39. The molecular formula is C27H19ClN2OS. The van der Waals surface area contributed by atoms with E-state index in [9.17, 15) is 4.79 Å². The summed E-state index contributed by atoms with van der Waals surface area (Å²) in [5.41, 5.74) is 3.91. The lowest BCUT2D eigenvalue weighted by molar-refractivity contribution is 0.644. The quantitative estimate of drug-likeness (QED) is 0.411. The summed E-state index contributed by atoms with van der Waals surface area (Å²) < 4.78 is 2.42. The molecule has 0 radical (unpaired) electrons. The highest BCUT2D eigenvalue weighted by Crippen LogP contribution is 2.27. The van der Waals surface area contributed by atoms with Crippen LogP contribution in [0.2, 0.25) is 5.02 Å². The van der Waals surface area contributed by atoms with Gasteiger partial charge in [-0.05, 0) is 41.0 Å². The smallest absolute Gasteiger partial charge is 0.271 e. The third-order valence-electron chi connectivity index (χ3n) is 5.26. The van der Waals surface area contributed by atoms with Crippen LogP contribution in [0.25, 0.3) is 17.8 Å². The monoisotopic (exact) mass is 454 g/mol. The van der Waals surface area contributed by atoms with Gasteiger partial charge in [-0.3, -0.25) is 9.36 Å². The van der Waals surface area contributed by atoms with E-state index < -0.39 is 0 Å². The van der Waals surface area contributed by atoms with Crippen LogP contribution in [0, 0.1) is 0 Å². The molecule has 0 amide bonds. The molecule has 5 rings (SSSR count). The van der Waals surface area contributed by atoms with Crippen molar-refractivity contribution in [3.8, 4) is 0 Å². The Balaban J connectivity index is 1.64. The fourth-order valence-corrected chi connectivity index (χ4v) is 4.77. The van der Waals surface area contributed by atoms with Crippen LogP contribution in [0.3, 0.4) is 0 Å². The fourth-order valence-electron chi connectivity index (χ4n) is 3.67. The first-order chi connectivity index (χ1) is 15.7. The van der Waals surface area contributed by atoms with Crippen LogP contribution in [0.5, 0.6) is 0 Å². The lowest BCUT2D eigenvalue weighted by Crippen LogP contribution is -2.36. The molecule has 156 valence electrons. The van der Waals surface area contributed by atoms with Crippen LogP contribution in [-0.2, 0) is 0 Å². The third kappa shape index (κ3) is 4.15. The minimum Gasteiger partial charge on any atom is -0.272 e. The van der Waals surface area contributed by atoms with Crippen molar-refractivity contribution in [2.75, 3.05) is 0 Å². The molecule has 0 spiro atoms. The predicted octanol–water partition coefficient (Wildman–Crippen LogP) is 5.32. The van der Waals surface area contributed by atoms with Gasteiger partial charge < -0.3 is 0 Å². The molecular weight excluding hydrogens is 436 g/mol. The van der Waals surface area contributed by atoms with Crippen molar-refractivity contribution in [3.63, 3.8) is 0 Å². The van der Waals surface area contributed by atoms with E-state index in [1.807, 2.05) is 109 Å². The van der Waals surface area contributed by atoms with Gasteiger partial charge in [-0.1, -0.05) is 108 Å². The van der Waals surface area contributed by atoms with Gasteiger partial charge in [-0.25, -0.2) is 4.99 Å². The summed E-state index contributed by atoms with van der Waals surface area (Å²) in [6.45, 7) is 0. The zero-order chi connectivity index (χ0) is 21.9. The van der Waals surface area contributed by atoms with E-state index in [0.29, 0.717) is 14.4 Å². The Morgan fingerprint density at radius 2 is 1.59 bits per heavy atom. The molecule has 0 N–H and O–H groups in total. The minimum absolute atomic E-state index is 0.0465. The van der Waals surface area contributed by atoms with Crippen LogP contribution in [-0.4, -0.2) is 4.57 Å². The molecule has 0 aliphatic carbocycles. The van der Waals surface area contributed by atoms with E-state index in [4.69, 9.17) is 16.6 Å². The van der Waals surface area contributed by atoms with Gasteiger partial charge in [0.05, 0.1) is 16.3 Å². The lowest BCUT2D eigenvalue weighted by Gasteiger charge is -2.19. The Hall–Kier alpha value is -3.47. The van der Waals surface area contributed by atoms with Gasteiger partial charge >= 0.3 is 0 Å².